The van der Waals surface area contributed by atoms with Crippen molar-refractivity contribution in [2.75, 3.05) is 38.3 Å². The van der Waals surface area contributed by atoms with Gasteiger partial charge in [0.2, 0.25) is 0 Å². The summed E-state index contributed by atoms with van der Waals surface area (Å²) < 4.78 is 29.1. The summed E-state index contributed by atoms with van der Waals surface area (Å²) in [7, 11) is 1.47. The fourth-order valence-corrected chi connectivity index (χ4v) is 7.14. The number of aliphatic hydroxyl groups excluding tert-OH is 1. The second kappa shape index (κ2) is 13.9. The van der Waals surface area contributed by atoms with E-state index in [0.29, 0.717) is 30.1 Å². The van der Waals surface area contributed by atoms with Crippen LogP contribution in [-0.4, -0.2) is 54.7 Å². The number of ether oxygens (including phenoxy) is 2. The Morgan fingerprint density at radius 1 is 1.20 bits per heavy atom. The number of benzene rings is 2. The van der Waals surface area contributed by atoms with Gasteiger partial charge < -0.3 is 19.5 Å². The number of aliphatic hydroxyl groups is 1. The number of hydrogen-bond acceptors (Lipinski definition) is 6. The Bertz CT molecular complexity index is 1240. The van der Waals surface area contributed by atoms with Crippen LogP contribution in [0.5, 0.6) is 5.75 Å². The first kappa shape index (κ1) is 30.3. The van der Waals surface area contributed by atoms with E-state index in [4.69, 9.17) is 21.1 Å². The van der Waals surface area contributed by atoms with Crippen LogP contribution in [-0.2, 0) is 27.1 Å². The van der Waals surface area contributed by atoms with E-state index in [2.05, 4.69) is 33.4 Å². The van der Waals surface area contributed by atoms with Gasteiger partial charge in [-0.2, -0.15) is 0 Å². The van der Waals surface area contributed by atoms with Crippen LogP contribution >= 0.6 is 11.6 Å². The SMILES string of the molecule is CCCc1cc(Cl)ccc1C1COc2ccc(C(O)C(=O)NS(=O)NC)cc2N(CC2CCC2C2CCCCO2)C1. The molecule has 6 atom stereocenters. The van der Waals surface area contributed by atoms with Gasteiger partial charge in [0.15, 0.2) is 17.3 Å². The number of carbonyl (C=O) groups excluding carboxylic acids is 1. The number of rotatable bonds is 10. The zero-order chi connectivity index (χ0) is 28.9. The number of anilines is 1. The Hall–Kier alpha value is -2.17. The zero-order valence-corrected chi connectivity index (χ0v) is 25.5. The highest BCUT2D eigenvalue weighted by Crippen LogP contribution is 2.44. The molecule has 1 saturated heterocycles. The van der Waals surface area contributed by atoms with Gasteiger partial charge in [0.05, 0.1) is 18.4 Å². The largest absolute Gasteiger partial charge is 0.491 e. The molecule has 2 aliphatic heterocycles. The summed E-state index contributed by atoms with van der Waals surface area (Å²) in [5.74, 6) is 1.18. The van der Waals surface area contributed by atoms with Crippen LogP contribution in [0.15, 0.2) is 36.4 Å². The molecular weight excluding hydrogens is 562 g/mol. The van der Waals surface area contributed by atoms with Crippen molar-refractivity contribution in [1.29, 1.82) is 0 Å². The van der Waals surface area contributed by atoms with Crippen molar-refractivity contribution in [2.24, 2.45) is 11.8 Å². The molecule has 0 radical (unpaired) electrons. The Morgan fingerprint density at radius 2 is 2.05 bits per heavy atom. The van der Waals surface area contributed by atoms with Crippen LogP contribution in [0.25, 0.3) is 0 Å². The van der Waals surface area contributed by atoms with E-state index in [1.54, 1.807) is 6.07 Å². The lowest BCUT2D eigenvalue weighted by Crippen LogP contribution is -2.45. The van der Waals surface area contributed by atoms with Crippen molar-refractivity contribution < 1.29 is 23.6 Å². The number of nitrogens with one attached hydrogen (secondary N) is 2. The third kappa shape index (κ3) is 7.08. The second-order valence-electron chi connectivity index (χ2n) is 11.5. The van der Waals surface area contributed by atoms with E-state index in [0.717, 1.165) is 68.3 Å². The molecule has 2 aromatic carbocycles. The molecule has 2 aromatic rings. The first-order valence-corrected chi connectivity index (χ1v) is 16.4. The molecular formula is C31H42ClN3O5S. The van der Waals surface area contributed by atoms with Gasteiger partial charge in [-0.05, 0) is 98.4 Å². The van der Waals surface area contributed by atoms with Crippen molar-refractivity contribution in [2.45, 2.75) is 70.0 Å². The quantitative estimate of drug-likeness (QED) is 0.360. The number of nitrogens with zero attached hydrogens (tertiary/aromatic N) is 1. The molecule has 1 aliphatic carbocycles. The molecule has 1 amide bonds. The molecule has 0 aromatic heterocycles. The summed E-state index contributed by atoms with van der Waals surface area (Å²) in [4.78, 5) is 15.0. The van der Waals surface area contributed by atoms with Crippen molar-refractivity contribution in [3.8, 4) is 5.75 Å². The highest BCUT2D eigenvalue weighted by atomic mass is 35.5. The lowest BCUT2D eigenvalue weighted by molar-refractivity contribution is -0.127. The van der Waals surface area contributed by atoms with E-state index >= 15 is 0 Å². The monoisotopic (exact) mass is 603 g/mol. The maximum Gasteiger partial charge on any atom is 0.266 e. The Kier molecular flexibility index (Phi) is 10.2. The summed E-state index contributed by atoms with van der Waals surface area (Å²) in [6.45, 7) is 5.15. The molecule has 3 N–H and O–H groups in total. The minimum atomic E-state index is -1.77. The van der Waals surface area contributed by atoms with Crippen LogP contribution in [0.3, 0.4) is 0 Å². The predicted octanol–water partition coefficient (Wildman–Crippen LogP) is 4.82. The van der Waals surface area contributed by atoms with Gasteiger partial charge in [0, 0.05) is 30.6 Å². The summed E-state index contributed by atoms with van der Waals surface area (Å²) in [6, 6.07) is 11.6. The lowest BCUT2D eigenvalue weighted by Gasteiger charge is -2.45. The molecule has 41 heavy (non-hydrogen) atoms. The Morgan fingerprint density at radius 3 is 2.76 bits per heavy atom. The first-order valence-electron chi connectivity index (χ1n) is 14.9. The minimum Gasteiger partial charge on any atom is -0.491 e. The molecule has 1 saturated carbocycles. The zero-order valence-electron chi connectivity index (χ0n) is 23.9. The van der Waals surface area contributed by atoms with Crippen molar-refractivity contribution >= 4 is 34.4 Å². The number of hydrogen-bond donors (Lipinski definition) is 3. The molecule has 2 heterocycles. The molecule has 10 heteroatoms. The average molecular weight is 604 g/mol. The van der Waals surface area contributed by atoms with Gasteiger partial charge in [-0.25, -0.2) is 8.93 Å². The summed E-state index contributed by atoms with van der Waals surface area (Å²) in [5.41, 5.74) is 3.80. The van der Waals surface area contributed by atoms with E-state index < -0.39 is 23.2 Å². The summed E-state index contributed by atoms with van der Waals surface area (Å²) >= 11 is 4.62. The highest BCUT2D eigenvalue weighted by molar-refractivity contribution is 7.81. The highest BCUT2D eigenvalue weighted by Gasteiger charge is 2.40. The molecule has 5 rings (SSSR count). The first-order chi connectivity index (χ1) is 19.9. The van der Waals surface area contributed by atoms with Gasteiger partial charge in [-0.1, -0.05) is 37.1 Å². The van der Waals surface area contributed by atoms with Crippen molar-refractivity contribution in [1.82, 2.24) is 9.44 Å². The number of halogens is 1. The van der Waals surface area contributed by atoms with E-state index in [9.17, 15) is 14.1 Å². The molecule has 0 spiro atoms. The Balaban J connectivity index is 1.45. The Labute approximate surface area is 250 Å². The number of carbonyl (C=O) groups is 1. The van der Waals surface area contributed by atoms with Gasteiger partial charge >= 0.3 is 0 Å². The second-order valence-corrected chi connectivity index (χ2v) is 13.1. The third-order valence-electron chi connectivity index (χ3n) is 8.84. The average Bonchev–Trinajstić information content (AvgIpc) is 3.14. The third-order valence-corrected chi connectivity index (χ3v) is 9.83. The topological polar surface area (TPSA) is 100 Å². The number of fused-ring (bicyclic) bond motifs is 1. The number of amides is 1. The normalized spacial score (nSPS) is 25.7. The van der Waals surface area contributed by atoms with Crippen LogP contribution < -0.4 is 19.1 Å². The van der Waals surface area contributed by atoms with E-state index in [1.165, 1.54) is 31.0 Å². The van der Waals surface area contributed by atoms with Crippen molar-refractivity contribution in [3.05, 3.63) is 58.1 Å². The maximum absolute atomic E-state index is 12.6. The van der Waals surface area contributed by atoms with Gasteiger partial charge in [-0.3, -0.25) is 9.52 Å². The molecule has 8 nitrogen and oxygen atoms in total. The van der Waals surface area contributed by atoms with Crippen LogP contribution in [0.1, 0.15) is 74.2 Å². The van der Waals surface area contributed by atoms with Gasteiger partial charge in [-0.15, -0.1) is 0 Å². The molecule has 6 unspecified atom stereocenters. The van der Waals surface area contributed by atoms with Crippen LogP contribution in [0.4, 0.5) is 5.69 Å². The fraction of sp³-hybridized carbons (Fsp3) is 0.581. The van der Waals surface area contributed by atoms with Crippen molar-refractivity contribution in [3.63, 3.8) is 0 Å². The maximum atomic E-state index is 12.6. The van der Waals surface area contributed by atoms with Crippen LogP contribution in [0, 0.1) is 11.8 Å². The lowest BCUT2D eigenvalue weighted by atomic mass is 9.69. The van der Waals surface area contributed by atoms with E-state index in [1.807, 2.05) is 18.2 Å². The van der Waals surface area contributed by atoms with Gasteiger partial charge in [0.25, 0.3) is 5.91 Å². The summed E-state index contributed by atoms with van der Waals surface area (Å²) in [5, 5.41) is 11.6. The predicted molar refractivity (Wildman–Crippen MR) is 162 cm³/mol. The molecule has 2 fully saturated rings. The smallest absolute Gasteiger partial charge is 0.266 e. The van der Waals surface area contributed by atoms with Crippen LogP contribution in [0.2, 0.25) is 5.02 Å². The standard InChI is InChI=1S/C31H42ClN3O5S/c1-3-6-20-15-24(32)10-12-25(20)23-18-35(17-22-8-11-26(22)28-7-4-5-14-39-28)27-16-21(9-13-29(27)40-19-23)30(36)31(37)34-41(38)33-2/h9-10,12-13,15-16,22-23,26,28,30,33,36H,3-8,11,14,17-19H2,1-2H3,(H,34,37). The number of aryl methyl sites for hydroxylation is 1. The molecule has 224 valence electrons. The molecule has 3 aliphatic rings. The molecule has 0 bridgehead atoms. The minimum absolute atomic E-state index is 0.125. The summed E-state index contributed by atoms with van der Waals surface area (Å²) in [6.07, 6.45) is 6.70. The van der Waals surface area contributed by atoms with E-state index in [-0.39, 0.29) is 5.92 Å². The fourth-order valence-electron chi connectivity index (χ4n) is 6.55. The van der Waals surface area contributed by atoms with Gasteiger partial charge in [0.1, 0.15) is 5.75 Å².